The number of aryl methyl sites for hydroxylation is 1. The van der Waals surface area contributed by atoms with Crippen LogP contribution in [0.1, 0.15) is 6.92 Å². The van der Waals surface area contributed by atoms with Gasteiger partial charge in [-0.05, 0) is 22.6 Å². The van der Waals surface area contributed by atoms with Crippen LogP contribution in [0.2, 0.25) is 0 Å². The maximum atomic E-state index is 11.5. The topological polar surface area (TPSA) is 95.9 Å². The molecule has 0 bridgehead atoms. The summed E-state index contributed by atoms with van der Waals surface area (Å²) in [4.78, 5) is 0. The van der Waals surface area contributed by atoms with Crippen LogP contribution in [0.25, 0.3) is 11.4 Å². The molecule has 0 amide bonds. The first-order valence-corrected chi connectivity index (χ1v) is 7.69. The predicted molar refractivity (Wildman–Crippen MR) is 77.8 cm³/mol. The van der Waals surface area contributed by atoms with Crippen molar-refractivity contribution in [3.8, 4) is 17.1 Å². The molecule has 0 radical (unpaired) electrons. The molecule has 1 aromatic heterocycles. The van der Waals surface area contributed by atoms with E-state index in [4.69, 9.17) is 10.5 Å². The van der Waals surface area contributed by atoms with Gasteiger partial charge in [-0.2, -0.15) is 0 Å². The fourth-order valence-electron chi connectivity index (χ4n) is 1.77. The van der Waals surface area contributed by atoms with E-state index in [9.17, 15) is 4.21 Å². The van der Waals surface area contributed by atoms with Crippen LogP contribution >= 0.6 is 0 Å². The van der Waals surface area contributed by atoms with Gasteiger partial charge in [-0.15, -0.1) is 5.10 Å². The Balaban J connectivity index is 2.30. The van der Waals surface area contributed by atoms with E-state index >= 15 is 0 Å². The van der Waals surface area contributed by atoms with Crippen molar-refractivity contribution in [2.45, 2.75) is 13.5 Å². The second-order valence-corrected chi connectivity index (χ2v) is 5.98. The summed E-state index contributed by atoms with van der Waals surface area (Å²) >= 11 is 0. The molecule has 1 aromatic carbocycles. The van der Waals surface area contributed by atoms with Gasteiger partial charge in [-0.25, -0.2) is 4.68 Å². The predicted octanol–water partition coefficient (Wildman–Crippen LogP) is 0.699. The van der Waals surface area contributed by atoms with Crippen LogP contribution in [0.15, 0.2) is 18.2 Å². The number of tetrazole rings is 1. The molecule has 0 saturated carbocycles. The summed E-state index contributed by atoms with van der Waals surface area (Å²) in [6, 6.07) is 5.30. The number of nitrogen functional groups attached to an aromatic ring is 1. The molecule has 8 heteroatoms. The summed E-state index contributed by atoms with van der Waals surface area (Å²) < 4.78 is 18.4. The van der Waals surface area contributed by atoms with Crippen LogP contribution in [0, 0.1) is 0 Å². The third-order valence-corrected chi connectivity index (χ3v) is 4.13. The first-order valence-electron chi connectivity index (χ1n) is 6.20. The highest BCUT2D eigenvalue weighted by Gasteiger charge is 2.14. The molecule has 7 nitrogen and oxygen atoms in total. The lowest BCUT2D eigenvalue weighted by Gasteiger charge is -2.09. The fraction of sp³-hybridized carbons (Fsp3) is 0.417. The van der Waals surface area contributed by atoms with Gasteiger partial charge in [0.05, 0.1) is 19.2 Å². The fourth-order valence-corrected chi connectivity index (χ4v) is 2.44. The van der Waals surface area contributed by atoms with Crippen molar-refractivity contribution in [2.24, 2.45) is 0 Å². The van der Waals surface area contributed by atoms with Crippen LogP contribution in [-0.4, -0.2) is 43.0 Å². The molecule has 2 rings (SSSR count). The van der Waals surface area contributed by atoms with Crippen molar-refractivity contribution < 1.29 is 8.95 Å². The van der Waals surface area contributed by atoms with Crippen LogP contribution in [0.5, 0.6) is 5.75 Å². The lowest BCUT2D eigenvalue weighted by atomic mass is 10.1. The molecule has 0 aliphatic heterocycles. The molecule has 0 fully saturated rings. The maximum absolute atomic E-state index is 11.5. The average Bonchev–Trinajstić information content (AvgIpc) is 2.92. The Kier molecular flexibility index (Phi) is 4.67. The minimum Gasteiger partial charge on any atom is -0.496 e. The molecular formula is C12H17N5O2S. The van der Waals surface area contributed by atoms with Crippen molar-refractivity contribution >= 4 is 16.5 Å². The summed E-state index contributed by atoms with van der Waals surface area (Å²) in [6.07, 6.45) is 0. The quantitative estimate of drug-likeness (QED) is 0.788. The number of hydrogen-bond donors (Lipinski definition) is 1. The number of benzene rings is 1. The SMILES string of the molecule is CCS(=O)CCn1nnnc1-c1ccc(N)cc1OC. The normalized spacial score (nSPS) is 12.3. The monoisotopic (exact) mass is 295 g/mol. The van der Waals surface area contributed by atoms with E-state index in [1.165, 1.54) is 0 Å². The Bertz CT molecular complexity index is 614. The molecule has 20 heavy (non-hydrogen) atoms. The van der Waals surface area contributed by atoms with Gasteiger partial charge in [0.2, 0.25) is 0 Å². The third-order valence-electron chi connectivity index (χ3n) is 2.85. The zero-order chi connectivity index (χ0) is 14.5. The van der Waals surface area contributed by atoms with Crippen LogP contribution in [-0.2, 0) is 17.3 Å². The summed E-state index contributed by atoms with van der Waals surface area (Å²) in [7, 11) is 0.713. The highest BCUT2D eigenvalue weighted by atomic mass is 32.2. The average molecular weight is 295 g/mol. The van der Waals surface area contributed by atoms with E-state index in [-0.39, 0.29) is 0 Å². The van der Waals surface area contributed by atoms with Crippen molar-refractivity contribution in [3.63, 3.8) is 0 Å². The number of aromatic nitrogens is 4. The molecule has 2 aromatic rings. The first kappa shape index (κ1) is 14.4. The van der Waals surface area contributed by atoms with Gasteiger partial charge in [0, 0.05) is 34.1 Å². The van der Waals surface area contributed by atoms with Gasteiger partial charge in [0.25, 0.3) is 0 Å². The molecule has 1 atom stereocenters. The lowest BCUT2D eigenvalue weighted by Crippen LogP contribution is -2.11. The van der Waals surface area contributed by atoms with Crippen molar-refractivity contribution in [1.29, 1.82) is 0 Å². The standard InChI is InChI=1S/C12H17N5O2S/c1-3-20(18)7-6-17-12(14-15-16-17)10-5-4-9(13)8-11(10)19-2/h4-5,8H,3,6-7,13H2,1-2H3. The molecular weight excluding hydrogens is 278 g/mol. The smallest absolute Gasteiger partial charge is 0.185 e. The zero-order valence-corrected chi connectivity index (χ0v) is 12.3. The van der Waals surface area contributed by atoms with E-state index in [1.54, 1.807) is 23.9 Å². The lowest BCUT2D eigenvalue weighted by molar-refractivity contribution is 0.416. The minimum atomic E-state index is -0.855. The van der Waals surface area contributed by atoms with Crippen molar-refractivity contribution in [3.05, 3.63) is 18.2 Å². The number of methoxy groups -OCH3 is 1. The zero-order valence-electron chi connectivity index (χ0n) is 11.4. The highest BCUT2D eigenvalue weighted by molar-refractivity contribution is 7.84. The minimum absolute atomic E-state index is 0.496. The summed E-state index contributed by atoms with van der Waals surface area (Å²) in [5.41, 5.74) is 7.10. The Morgan fingerprint density at radius 1 is 1.45 bits per heavy atom. The first-order chi connectivity index (χ1) is 9.65. The molecule has 0 spiro atoms. The molecule has 108 valence electrons. The Morgan fingerprint density at radius 2 is 2.25 bits per heavy atom. The van der Waals surface area contributed by atoms with Gasteiger partial charge in [0.15, 0.2) is 5.82 Å². The largest absolute Gasteiger partial charge is 0.496 e. The third kappa shape index (κ3) is 3.13. The molecule has 2 N–H and O–H groups in total. The number of rotatable bonds is 6. The summed E-state index contributed by atoms with van der Waals surface area (Å²) in [5.74, 6) is 2.33. The van der Waals surface area contributed by atoms with Gasteiger partial charge in [-0.3, -0.25) is 4.21 Å². The summed E-state index contributed by atoms with van der Waals surface area (Å²) in [6.45, 7) is 2.38. The van der Waals surface area contributed by atoms with E-state index in [0.29, 0.717) is 35.3 Å². The number of ether oxygens (including phenoxy) is 1. The highest BCUT2D eigenvalue weighted by Crippen LogP contribution is 2.29. The number of hydrogen-bond acceptors (Lipinski definition) is 6. The number of nitrogens with two attached hydrogens (primary N) is 1. The Morgan fingerprint density at radius 3 is 2.95 bits per heavy atom. The van der Waals surface area contributed by atoms with Gasteiger partial charge in [0.1, 0.15) is 5.75 Å². The van der Waals surface area contributed by atoms with Gasteiger partial charge < -0.3 is 10.5 Å². The van der Waals surface area contributed by atoms with Gasteiger partial charge in [-0.1, -0.05) is 6.92 Å². The van der Waals surface area contributed by atoms with E-state index < -0.39 is 10.8 Å². The maximum Gasteiger partial charge on any atom is 0.185 e. The second kappa shape index (κ2) is 6.47. The second-order valence-electron chi connectivity index (χ2n) is 4.12. The van der Waals surface area contributed by atoms with Crippen molar-refractivity contribution in [1.82, 2.24) is 20.2 Å². The Labute approximate surface area is 119 Å². The molecule has 1 heterocycles. The van der Waals surface area contributed by atoms with Crippen LogP contribution < -0.4 is 10.5 Å². The van der Waals surface area contributed by atoms with Crippen LogP contribution in [0.4, 0.5) is 5.69 Å². The Hall–Kier alpha value is -1.96. The van der Waals surface area contributed by atoms with E-state index in [1.807, 2.05) is 13.0 Å². The van der Waals surface area contributed by atoms with Crippen LogP contribution in [0.3, 0.4) is 0 Å². The molecule has 1 unspecified atom stereocenters. The van der Waals surface area contributed by atoms with Crippen molar-refractivity contribution in [2.75, 3.05) is 24.3 Å². The number of nitrogens with zero attached hydrogens (tertiary/aromatic N) is 4. The number of anilines is 1. The molecule has 0 saturated heterocycles. The molecule has 0 aliphatic carbocycles. The van der Waals surface area contributed by atoms with E-state index in [2.05, 4.69) is 15.5 Å². The van der Waals surface area contributed by atoms with E-state index in [0.717, 1.165) is 5.56 Å². The molecule has 0 aliphatic rings. The van der Waals surface area contributed by atoms with Gasteiger partial charge >= 0.3 is 0 Å². The summed E-state index contributed by atoms with van der Waals surface area (Å²) in [5, 5.41) is 11.6.